The summed E-state index contributed by atoms with van der Waals surface area (Å²) >= 11 is 1.77. The van der Waals surface area contributed by atoms with Gasteiger partial charge in [0.15, 0.2) is 0 Å². The Labute approximate surface area is 128 Å². The van der Waals surface area contributed by atoms with Gasteiger partial charge in [-0.15, -0.1) is 11.8 Å². The van der Waals surface area contributed by atoms with Crippen LogP contribution in [0.3, 0.4) is 0 Å². The Hall–Kier alpha value is -1.31. The van der Waals surface area contributed by atoms with Crippen LogP contribution in [0.5, 0.6) is 0 Å². The average Bonchev–Trinajstić information content (AvgIpc) is 2.79. The van der Waals surface area contributed by atoms with Crippen LogP contribution in [0.2, 0.25) is 0 Å². The molecular formula is C14H17N3O2S2. The molecule has 0 fully saturated rings. The molecule has 0 aliphatic carbocycles. The highest BCUT2D eigenvalue weighted by atomic mass is 32.2. The number of nitrogens with zero attached hydrogens (tertiary/aromatic N) is 1. The summed E-state index contributed by atoms with van der Waals surface area (Å²) < 4.78 is 28.1. The summed E-state index contributed by atoms with van der Waals surface area (Å²) in [5, 5.41) is 6.70. The zero-order valence-corrected chi connectivity index (χ0v) is 13.5. The normalized spacial score (nSPS) is 18.5. The Kier molecular flexibility index (Phi) is 3.81. The first-order valence-electron chi connectivity index (χ1n) is 6.74. The number of aromatic amines is 1. The molecule has 1 atom stereocenters. The number of hydrogen-bond acceptors (Lipinski definition) is 4. The number of hydrogen-bond donors (Lipinski definition) is 2. The van der Waals surface area contributed by atoms with Gasteiger partial charge in [0.25, 0.3) is 0 Å². The molecule has 1 aliphatic heterocycles. The van der Waals surface area contributed by atoms with E-state index in [0.29, 0.717) is 11.4 Å². The predicted octanol–water partition coefficient (Wildman–Crippen LogP) is 2.54. The maximum atomic E-state index is 12.6. The van der Waals surface area contributed by atoms with E-state index in [-0.39, 0.29) is 10.9 Å². The predicted molar refractivity (Wildman–Crippen MR) is 82.9 cm³/mol. The number of sulfonamides is 1. The van der Waals surface area contributed by atoms with Gasteiger partial charge in [0.1, 0.15) is 4.90 Å². The van der Waals surface area contributed by atoms with Crippen LogP contribution in [0.25, 0.3) is 0 Å². The fraction of sp³-hybridized carbons (Fsp3) is 0.357. The maximum absolute atomic E-state index is 12.6. The smallest absolute Gasteiger partial charge is 0.244 e. The summed E-state index contributed by atoms with van der Waals surface area (Å²) in [6, 6.07) is 7.77. The Morgan fingerprint density at radius 1 is 1.33 bits per heavy atom. The van der Waals surface area contributed by atoms with Crippen LogP contribution in [0.4, 0.5) is 0 Å². The molecule has 2 aromatic rings. The number of aromatic nitrogens is 2. The molecule has 0 saturated carbocycles. The van der Waals surface area contributed by atoms with Gasteiger partial charge in [0.05, 0.1) is 11.4 Å². The Balaban J connectivity index is 1.94. The van der Waals surface area contributed by atoms with E-state index in [0.717, 1.165) is 22.6 Å². The second-order valence-electron chi connectivity index (χ2n) is 5.11. The minimum absolute atomic E-state index is 0.179. The molecule has 1 unspecified atom stereocenters. The summed E-state index contributed by atoms with van der Waals surface area (Å²) in [4.78, 5) is 1.41. The van der Waals surface area contributed by atoms with Crippen LogP contribution >= 0.6 is 11.8 Å². The SMILES string of the molecule is Cc1n[nH]c(C)c1S(=O)(=O)NC1CCSc2ccccc21. The van der Waals surface area contributed by atoms with Crippen LogP contribution in [0, 0.1) is 13.8 Å². The highest BCUT2D eigenvalue weighted by molar-refractivity contribution is 7.99. The Morgan fingerprint density at radius 3 is 2.81 bits per heavy atom. The first kappa shape index (κ1) is 14.6. The van der Waals surface area contributed by atoms with Crippen molar-refractivity contribution in [2.75, 3.05) is 5.75 Å². The van der Waals surface area contributed by atoms with E-state index in [4.69, 9.17) is 0 Å². The average molecular weight is 323 g/mol. The second kappa shape index (κ2) is 5.47. The summed E-state index contributed by atoms with van der Waals surface area (Å²) in [6.07, 6.45) is 0.789. The zero-order chi connectivity index (χ0) is 15.0. The number of H-pyrrole nitrogens is 1. The van der Waals surface area contributed by atoms with E-state index in [1.165, 1.54) is 0 Å². The topological polar surface area (TPSA) is 74.8 Å². The molecule has 3 rings (SSSR count). The Morgan fingerprint density at radius 2 is 2.10 bits per heavy atom. The molecule has 1 aromatic carbocycles. The van der Waals surface area contributed by atoms with E-state index < -0.39 is 10.0 Å². The molecule has 0 bridgehead atoms. The number of benzene rings is 1. The van der Waals surface area contributed by atoms with Gasteiger partial charge in [-0.3, -0.25) is 5.10 Å². The number of nitrogens with one attached hydrogen (secondary N) is 2. The van der Waals surface area contributed by atoms with Crippen molar-refractivity contribution in [1.29, 1.82) is 0 Å². The number of rotatable bonds is 3. The number of fused-ring (bicyclic) bond motifs is 1. The fourth-order valence-electron chi connectivity index (χ4n) is 2.65. The van der Waals surface area contributed by atoms with E-state index in [1.54, 1.807) is 25.6 Å². The van der Waals surface area contributed by atoms with Gasteiger partial charge in [-0.05, 0) is 37.7 Å². The van der Waals surface area contributed by atoms with Crippen molar-refractivity contribution < 1.29 is 8.42 Å². The summed E-state index contributed by atoms with van der Waals surface area (Å²) in [5.74, 6) is 0.910. The first-order valence-corrected chi connectivity index (χ1v) is 9.21. The standard InChI is InChI=1S/C14H17N3O2S2/c1-9-14(10(2)16-15-9)21(18,19)17-12-7-8-20-13-6-4-3-5-11(12)13/h3-6,12,17H,7-8H2,1-2H3,(H,15,16). The highest BCUT2D eigenvalue weighted by Gasteiger charge is 2.28. The minimum atomic E-state index is -3.57. The third kappa shape index (κ3) is 2.73. The van der Waals surface area contributed by atoms with Gasteiger partial charge in [-0.1, -0.05) is 18.2 Å². The van der Waals surface area contributed by atoms with Crippen molar-refractivity contribution in [2.45, 2.75) is 36.1 Å². The molecule has 2 N–H and O–H groups in total. The number of aryl methyl sites for hydroxylation is 2. The molecule has 5 nitrogen and oxygen atoms in total. The van der Waals surface area contributed by atoms with E-state index in [9.17, 15) is 8.42 Å². The summed E-state index contributed by atoms with van der Waals surface area (Å²) in [5.41, 5.74) is 2.12. The van der Waals surface area contributed by atoms with Crippen LogP contribution in [-0.4, -0.2) is 24.4 Å². The van der Waals surface area contributed by atoms with Crippen molar-refractivity contribution >= 4 is 21.8 Å². The fourth-order valence-corrected chi connectivity index (χ4v) is 5.39. The van der Waals surface area contributed by atoms with Crippen molar-refractivity contribution in [1.82, 2.24) is 14.9 Å². The Bertz CT molecular complexity index is 749. The van der Waals surface area contributed by atoms with Gasteiger partial charge in [-0.2, -0.15) is 5.10 Å². The monoisotopic (exact) mass is 323 g/mol. The summed E-state index contributed by atoms with van der Waals surface area (Å²) in [6.45, 7) is 3.42. The van der Waals surface area contributed by atoms with E-state index >= 15 is 0 Å². The van der Waals surface area contributed by atoms with Crippen molar-refractivity contribution in [3.63, 3.8) is 0 Å². The largest absolute Gasteiger partial charge is 0.281 e. The molecule has 7 heteroatoms. The molecule has 0 spiro atoms. The minimum Gasteiger partial charge on any atom is -0.281 e. The lowest BCUT2D eigenvalue weighted by Crippen LogP contribution is -2.31. The van der Waals surface area contributed by atoms with Crippen LogP contribution in [0.15, 0.2) is 34.1 Å². The molecular weight excluding hydrogens is 306 g/mol. The van der Waals surface area contributed by atoms with Gasteiger partial charge in [0, 0.05) is 10.9 Å². The molecule has 0 amide bonds. The molecule has 0 saturated heterocycles. The third-order valence-electron chi connectivity index (χ3n) is 3.59. The lowest BCUT2D eigenvalue weighted by molar-refractivity contribution is 0.545. The van der Waals surface area contributed by atoms with Crippen LogP contribution in [0.1, 0.15) is 29.4 Å². The molecule has 2 heterocycles. The molecule has 21 heavy (non-hydrogen) atoms. The van der Waals surface area contributed by atoms with Gasteiger partial charge < -0.3 is 0 Å². The first-order chi connectivity index (χ1) is 9.99. The molecule has 1 aromatic heterocycles. The lowest BCUT2D eigenvalue weighted by Gasteiger charge is -2.25. The highest BCUT2D eigenvalue weighted by Crippen LogP contribution is 2.36. The van der Waals surface area contributed by atoms with E-state index in [2.05, 4.69) is 14.9 Å². The molecule has 0 radical (unpaired) electrons. The van der Waals surface area contributed by atoms with E-state index in [1.807, 2.05) is 24.3 Å². The second-order valence-corrected chi connectivity index (χ2v) is 7.90. The van der Waals surface area contributed by atoms with Gasteiger partial charge >= 0.3 is 0 Å². The zero-order valence-electron chi connectivity index (χ0n) is 11.9. The maximum Gasteiger partial charge on any atom is 0.244 e. The molecule has 1 aliphatic rings. The van der Waals surface area contributed by atoms with Gasteiger partial charge in [-0.25, -0.2) is 13.1 Å². The van der Waals surface area contributed by atoms with Gasteiger partial charge in [0.2, 0.25) is 10.0 Å². The summed E-state index contributed by atoms with van der Waals surface area (Å²) in [7, 11) is -3.57. The quantitative estimate of drug-likeness (QED) is 0.910. The molecule has 112 valence electrons. The van der Waals surface area contributed by atoms with Crippen molar-refractivity contribution in [2.24, 2.45) is 0 Å². The van der Waals surface area contributed by atoms with Crippen LogP contribution < -0.4 is 4.72 Å². The van der Waals surface area contributed by atoms with Crippen molar-refractivity contribution in [3.8, 4) is 0 Å². The van der Waals surface area contributed by atoms with Crippen molar-refractivity contribution in [3.05, 3.63) is 41.2 Å². The third-order valence-corrected chi connectivity index (χ3v) is 6.44. The lowest BCUT2D eigenvalue weighted by atomic mass is 10.1. The number of thioether (sulfide) groups is 1. The van der Waals surface area contributed by atoms with Crippen LogP contribution in [-0.2, 0) is 10.0 Å².